The van der Waals surface area contributed by atoms with Gasteiger partial charge in [-0.1, -0.05) is 0 Å². The predicted molar refractivity (Wildman–Crippen MR) is 58.1 cm³/mol. The van der Waals surface area contributed by atoms with Gasteiger partial charge in [0.2, 0.25) is 5.91 Å². The highest BCUT2D eigenvalue weighted by Gasteiger charge is 2.21. The van der Waals surface area contributed by atoms with Crippen LogP contribution in [0.2, 0.25) is 0 Å². The van der Waals surface area contributed by atoms with E-state index in [1.165, 1.54) is 12.8 Å². The number of carbonyl (C=O) groups excluding carboxylic acids is 1. The topological polar surface area (TPSA) is 41.1 Å². The molecule has 1 aliphatic rings. The number of hydrogen-bond donors (Lipinski definition) is 2. The maximum Gasteiger partial charge on any atom is 0.221 e. The lowest BCUT2D eigenvalue weighted by molar-refractivity contribution is -0.121. The van der Waals surface area contributed by atoms with Crippen molar-refractivity contribution in [3.05, 3.63) is 0 Å². The molecule has 0 saturated heterocycles. The molecule has 0 aromatic rings. The van der Waals surface area contributed by atoms with Crippen LogP contribution in [0.25, 0.3) is 0 Å². The van der Waals surface area contributed by atoms with Gasteiger partial charge in [-0.25, -0.2) is 0 Å². The minimum atomic E-state index is 0.108. The maximum atomic E-state index is 11.3. The molecule has 0 bridgehead atoms. The summed E-state index contributed by atoms with van der Waals surface area (Å²) in [5, 5.41) is 6.25. The molecule has 1 saturated carbocycles. The number of carbonyl (C=O) groups is 1. The summed E-state index contributed by atoms with van der Waals surface area (Å²) < 4.78 is 0. The summed E-state index contributed by atoms with van der Waals surface area (Å²) in [4.78, 5) is 11.3. The van der Waals surface area contributed by atoms with Gasteiger partial charge in [-0.2, -0.15) is 0 Å². The van der Waals surface area contributed by atoms with Crippen molar-refractivity contribution in [3.63, 3.8) is 0 Å². The third-order valence-corrected chi connectivity index (χ3v) is 2.29. The van der Waals surface area contributed by atoms with Gasteiger partial charge >= 0.3 is 0 Å². The minimum Gasteiger partial charge on any atom is -0.356 e. The van der Waals surface area contributed by atoms with Crippen molar-refractivity contribution in [1.29, 1.82) is 0 Å². The lowest BCUT2D eigenvalue weighted by atomic mass is 10.1. The van der Waals surface area contributed by atoms with Gasteiger partial charge in [-0.3, -0.25) is 4.79 Å². The second kappa shape index (κ2) is 4.78. The fraction of sp³-hybridized carbons (Fsp3) is 0.909. The smallest absolute Gasteiger partial charge is 0.221 e. The lowest BCUT2D eigenvalue weighted by Gasteiger charge is -2.20. The molecule has 14 heavy (non-hydrogen) atoms. The molecule has 0 spiro atoms. The summed E-state index contributed by atoms with van der Waals surface area (Å²) in [6.07, 6.45) is 3.17. The van der Waals surface area contributed by atoms with Crippen LogP contribution in [0.3, 0.4) is 0 Å². The zero-order valence-electron chi connectivity index (χ0n) is 9.52. The van der Waals surface area contributed by atoms with E-state index in [-0.39, 0.29) is 11.4 Å². The summed E-state index contributed by atoms with van der Waals surface area (Å²) in [6.45, 7) is 7.97. The summed E-state index contributed by atoms with van der Waals surface area (Å²) in [5.74, 6) is 0.947. The van der Waals surface area contributed by atoms with Crippen LogP contribution in [0.1, 0.15) is 40.0 Å². The largest absolute Gasteiger partial charge is 0.356 e. The van der Waals surface area contributed by atoms with E-state index < -0.39 is 0 Å². The van der Waals surface area contributed by atoms with E-state index in [9.17, 15) is 4.79 Å². The first-order valence-electron chi connectivity index (χ1n) is 5.49. The second-order valence-electron chi connectivity index (χ2n) is 5.17. The third-order valence-electron chi connectivity index (χ3n) is 2.29. The van der Waals surface area contributed by atoms with E-state index in [0.717, 1.165) is 19.0 Å². The van der Waals surface area contributed by atoms with Crippen LogP contribution < -0.4 is 10.6 Å². The highest BCUT2D eigenvalue weighted by molar-refractivity contribution is 5.76. The van der Waals surface area contributed by atoms with Gasteiger partial charge < -0.3 is 10.6 Å². The summed E-state index contributed by atoms with van der Waals surface area (Å²) in [6, 6.07) is 0. The lowest BCUT2D eigenvalue weighted by Crippen LogP contribution is -2.38. The first kappa shape index (κ1) is 11.5. The third kappa shape index (κ3) is 5.97. The molecule has 0 aliphatic heterocycles. The molecule has 0 unspecified atom stereocenters. The summed E-state index contributed by atoms with van der Waals surface area (Å²) >= 11 is 0. The number of rotatable bonds is 5. The fourth-order valence-electron chi connectivity index (χ4n) is 1.22. The summed E-state index contributed by atoms with van der Waals surface area (Å²) in [5.41, 5.74) is 0.108. The van der Waals surface area contributed by atoms with Gasteiger partial charge in [0.05, 0.1) is 0 Å². The van der Waals surface area contributed by atoms with Crippen molar-refractivity contribution in [2.24, 2.45) is 5.92 Å². The SMILES string of the molecule is CC(C)(C)NCCC(=O)NCC1CC1. The Morgan fingerprint density at radius 2 is 2.00 bits per heavy atom. The molecule has 0 aromatic carbocycles. The molecule has 1 fully saturated rings. The van der Waals surface area contributed by atoms with Crippen molar-refractivity contribution in [1.82, 2.24) is 10.6 Å². The molecule has 2 N–H and O–H groups in total. The highest BCUT2D eigenvalue weighted by Crippen LogP contribution is 2.27. The summed E-state index contributed by atoms with van der Waals surface area (Å²) in [7, 11) is 0. The average molecular weight is 198 g/mol. The van der Waals surface area contributed by atoms with Gasteiger partial charge in [-0.15, -0.1) is 0 Å². The van der Waals surface area contributed by atoms with E-state index in [2.05, 4.69) is 31.4 Å². The van der Waals surface area contributed by atoms with Crippen LogP contribution in [-0.4, -0.2) is 24.5 Å². The van der Waals surface area contributed by atoms with Gasteiger partial charge in [-0.05, 0) is 39.5 Å². The van der Waals surface area contributed by atoms with Crippen molar-refractivity contribution in [2.45, 2.75) is 45.6 Å². The van der Waals surface area contributed by atoms with Gasteiger partial charge in [0, 0.05) is 25.0 Å². The van der Waals surface area contributed by atoms with Crippen molar-refractivity contribution < 1.29 is 4.79 Å². The van der Waals surface area contributed by atoms with Crippen LogP contribution in [0.15, 0.2) is 0 Å². The minimum absolute atomic E-state index is 0.108. The monoisotopic (exact) mass is 198 g/mol. The van der Waals surface area contributed by atoms with Crippen LogP contribution in [0.5, 0.6) is 0 Å². The molecular weight excluding hydrogens is 176 g/mol. The van der Waals surface area contributed by atoms with Crippen LogP contribution in [0, 0.1) is 5.92 Å². The zero-order chi connectivity index (χ0) is 10.6. The normalized spacial score (nSPS) is 16.8. The Kier molecular flexibility index (Phi) is 3.93. The molecule has 0 atom stereocenters. The Hall–Kier alpha value is -0.570. The Labute approximate surface area is 86.6 Å². The van der Waals surface area contributed by atoms with Crippen LogP contribution >= 0.6 is 0 Å². The first-order valence-corrected chi connectivity index (χ1v) is 5.49. The van der Waals surface area contributed by atoms with E-state index in [0.29, 0.717) is 6.42 Å². The average Bonchev–Trinajstić information content (AvgIpc) is 2.81. The zero-order valence-corrected chi connectivity index (χ0v) is 9.52. The molecule has 0 heterocycles. The van der Waals surface area contributed by atoms with E-state index in [1.54, 1.807) is 0 Å². The van der Waals surface area contributed by atoms with Gasteiger partial charge in [0.15, 0.2) is 0 Å². The maximum absolute atomic E-state index is 11.3. The predicted octanol–water partition coefficient (Wildman–Crippen LogP) is 1.29. The van der Waals surface area contributed by atoms with Crippen molar-refractivity contribution in [3.8, 4) is 0 Å². The van der Waals surface area contributed by atoms with Crippen molar-refractivity contribution in [2.75, 3.05) is 13.1 Å². The molecule has 0 radical (unpaired) electrons. The molecule has 1 amide bonds. The fourth-order valence-corrected chi connectivity index (χ4v) is 1.22. The van der Waals surface area contributed by atoms with Crippen LogP contribution in [-0.2, 0) is 4.79 Å². The van der Waals surface area contributed by atoms with Gasteiger partial charge in [0.25, 0.3) is 0 Å². The molecule has 82 valence electrons. The molecule has 1 rings (SSSR count). The van der Waals surface area contributed by atoms with E-state index in [4.69, 9.17) is 0 Å². The molecule has 0 aromatic heterocycles. The molecule has 3 nitrogen and oxygen atoms in total. The quantitative estimate of drug-likeness (QED) is 0.699. The highest BCUT2D eigenvalue weighted by atomic mass is 16.1. The first-order chi connectivity index (χ1) is 6.47. The van der Waals surface area contributed by atoms with E-state index in [1.807, 2.05) is 0 Å². The Morgan fingerprint density at radius 3 is 2.50 bits per heavy atom. The van der Waals surface area contributed by atoms with Crippen molar-refractivity contribution >= 4 is 5.91 Å². The number of amides is 1. The molecule has 3 heteroatoms. The molecule has 1 aliphatic carbocycles. The number of hydrogen-bond acceptors (Lipinski definition) is 2. The standard InChI is InChI=1S/C11H22N2O/c1-11(2,3)13-7-6-10(14)12-8-9-4-5-9/h9,13H,4-8H2,1-3H3,(H,12,14). The number of nitrogens with one attached hydrogen (secondary N) is 2. The van der Waals surface area contributed by atoms with Crippen LogP contribution in [0.4, 0.5) is 0 Å². The Morgan fingerprint density at radius 1 is 1.36 bits per heavy atom. The second-order valence-corrected chi connectivity index (χ2v) is 5.17. The molecular formula is C11H22N2O. The van der Waals surface area contributed by atoms with Gasteiger partial charge in [0.1, 0.15) is 0 Å². The Balaban J connectivity index is 1.96. The van der Waals surface area contributed by atoms with E-state index >= 15 is 0 Å². The Bertz CT molecular complexity index is 192.